The third-order valence-electron chi connectivity index (χ3n) is 4.81. The number of carboxylic acids is 1. The van der Waals surface area contributed by atoms with Crippen molar-refractivity contribution in [1.29, 1.82) is 0 Å². The van der Waals surface area contributed by atoms with Crippen LogP contribution in [0.15, 0.2) is 24.3 Å². The Balaban J connectivity index is 1.84. The molecule has 0 spiro atoms. The highest BCUT2D eigenvalue weighted by Gasteiger charge is 2.54. The molecule has 0 bridgehead atoms. The van der Waals surface area contributed by atoms with Gasteiger partial charge in [-0.2, -0.15) is 0 Å². The molecule has 0 unspecified atom stereocenters. The van der Waals surface area contributed by atoms with Crippen LogP contribution in [0.25, 0.3) is 0 Å². The summed E-state index contributed by atoms with van der Waals surface area (Å²) in [6, 6.07) is 5.31. The molecular weight excluding hydrogens is 308 g/mol. The summed E-state index contributed by atoms with van der Waals surface area (Å²) in [5.74, 6) is -1.61. The molecule has 2 aliphatic heterocycles. The van der Waals surface area contributed by atoms with Crippen LogP contribution in [0.4, 0.5) is 8.78 Å². The lowest BCUT2D eigenvalue weighted by Crippen LogP contribution is -2.45. The van der Waals surface area contributed by atoms with Gasteiger partial charge in [0.25, 0.3) is 12.3 Å². The zero-order valence-electron chi connectivity index (χ0n) is 12.4. The minimum Gasteiger partial charge on any atom is -0.481 e. The van der Waals surface area contributed by atoms with Crippen molar-refractivity contribution in [3.8, 4) is 0 Å². The average Bonchev–Trinajstić information content (AvgIpc) is 2.95. The number of aliphatic carboxylic acids is 1. The van der Waals surface area contributed by atoms with Crippen LogP contribution < -0.4 is 0 Å². The van der Waals surface area contributed by atoms with Gasteiger partial charge in [0, 0.05) is 36.7 Å². The Labute approximate surface area is 131 Å². The van der Waals surface area contributed by atoms with Crippen molar-refractivity contribution in [3.05, 3.63) is 35.4 Å². The van der Waals surface area contributed by atoms with Crippen molar-refractivity contribution >= 4 is 11.9 Å². The highest BCUT2D eigenvalue weighted by molar-refractivity contribution is 5.95. The molecular formula is C16H17F2NO4. The second kappa shape index (κ2) is 5.88. The molecule has 1 aromatic rings. The van der Waals surface area contributed by atoms with Gasteiger partial charge in [0.05, 0.1) is 12.0 Å². The maximum atomic E-state index is 12.8. The summed E-state index contributed by atoms with van der Waals surface area (Å²) in [5.41, 5.74) is -1.06. The minimum absolute atomic E-state index is 0.0914. The molecule has 1 N–H and O–H groups in total. The fraction of sp³-hybridized carbons (Fsp3) is 0.500. The van der Waals surface area contributed by atoms with E-state index < -0.39 is 23.7 Å². The highest BCUT2D eigenvalue weighted by Crippen LogP contribution is 2.42. The van der Waals surface area contributed by atoms with Crippen LogP contribution in [0.3, 0.4) is 0 Å². The second-order valence-corrected chi connectivity index (χ2v) is 6.09. The number of ether oxygens (including phenoxy) is 1. The minimum atomic E-state index is -2.65. The molecule has 1 amide bonds. The van der Waals surface area contributed by atoms with Gasteiger partial charge in [0.15, 0.2) is 0 Å². The summed E-state index contributed by atoms with van der Waals surface area (Å²) in [4.78, 5) is 25.7. The third-order valence-corrected chi connectivity index (χ3v) is 4.81. The number of amides is 1. The summed E-state index contributed by atoms with van der Waals surface area (Å²) in [6.07, 6.45) is -2.30. The van der Waals surface area contributed by atoms with E-state index in [0.29, 0.717) is 19.6 Å². The Morgan fingerprint density at radius 3 is 2.83 bits per heavy atom. The molecule has 2 heterocycles. The molecule has 0 aromatic heterocycles. The van der Waals surface area contributed by atoms with Crippen LogP contribution in [0.1, 0.15) is 28.8 Å². The number of carboxylic acid groups (broad SMARTS) is 1. The lowest BCUT2D eigenvalue weighted by Gasteiger charge is -2.33. The SMILES string of the molecule is O=C(c1cccc(C(F)F)c1)N1C[C@H]2COCC[C@@]2(C(=O)O)C1. The normalized spacial score (nSPS) is 27.1. The Morgan fingerprint density at radius 1 is 1.39 bits per heavy atom. The number of nitrogens with zero attached hydrogens (tertiary/aromatic N) is 1. The molecule has 7 heteroatoms. The monoisotopic (exact) mass is 325 g/mol. The van der Waals surface area contributed by atoms with Crippen LogP contribution >= 0.6 is 0 Å². The number of hydrogen-bond donors (Lipinski definition) is 1. The van der Waals surface area contributed by atoms with Crippen LogP contribution in [-0.2, 0) is 9.53 Å². The van der Waals surface area contributed by atoms with Crippen LogP contribution in [-0.4, -0.2) is 48.2 Å². The quantitative estimate of drug-likeness (QED) is 0.925. The van der Waals surface area contributed by atoms with E-state index in [1.54, 1.807) is 0 Å². The van der Waals surface area contributed by atoms with Crippen LogP contribution in [0.5, 0.6) is 0 Å². The zero-order chi connectivity index (χ0) is 16.6. The Bertz CT molecular complexity index is 636. The van der Waals surface area contributed by atoms with Gasteiger partial charge in [-0.15, -0.1) is 0 Å². The van der Waals surface area contributed by atoms with Gasteiger partial charge in [-0.25, -0.2) is 8.78 Å². The number of alkyl halides is 2. The van der Waals surface area contributed by atoms with E-state index in [-0.39, 0.29) is 30.1 Å². The summed E-state index contributed by atoms with van der Waals surface area (Å²) in [7, 11) is 0. The van der Waals surface area contributed by atoms with Crippen molar-refractivity contribution in [2.75, 3.05) is 26.3 Å². The molecule has 2 fully saturated rings. The predicted octanol–water partition coefficient (Wildman–Crippen LogP) is 2.19. The van der Waals surface area contributed by atoms with Gasteiger partial charge in [-0.3, -0.25) is 9.59 Å². The van der Waals surface area contributed by atoms with E-state index in [1.807, 2.05) is 0 Å². The fourth-order valence-corrected chi connectivity index (χ4v) is 3.44. The summed E-state index contributed by atoms with van der Waals surface area (Å²) >= 11 is 0. The van der Waals surface area contributed by atoms with Crippen LogP contribution in [0, 0.1) is 11.3 Å². The second-order valence-electron chi connectivity index (χ2n) is 6.09. The van der Waals surface area contributed by atoms with E-state index in [4.69, 9.17) is 4.74 Å². The van der Waals surface area contributed by atoms with Gasteiger partial charge in [-0.1, -0.05) is 12.1 Å². The molecule has 0 radical (unpaired) electrons. The number of carbonyl (C=O) groups is 2. The van der Waals surface area contributed by atoms with Gasteiger partial charge in [0.1, 0.15) is 0 Å². The molecule has 1 aromatic carbocycles. The number of halogens is 2. The van der Waals surface area contributed by atoms with Crippen LogP contribution in [0.2, 0.25) is 0 Å². The number of fused-ring (bicyclic) bond motifs is 1. The average molecular weight is 325 g/mol. The van der Waals surface area contributed by atoms with Crippen molar-refractivity contribution < 1.29 is 28.2 Å². The first-order valence-electron chi connectivity index (χ1n) is 7.42. The predicted molar refractivity (Wildman–Crippen MR) is 76.3 cm³/mol. The highest BCUT2D eigenvalue weighted by atomic mass is 19.3. The lowest BCUT2D eigenvalue weighted by molar-refractivity contribution is -0.157. The molecule has 2 atom stereocenters. The number of hydrogen-bond acceptors (Lipinski definition) is 3. The third kappa shape index (κ3) is 2.69. The zero-order valence-corrected chi connectivity index (χ0v) is 12.4. The first-order chi connectivity index (χ1) is 10.9. The van der Waals surface area contributed by atoms with Crippen molar-refractivity contribution in [2.45, 2.75) is 12.8 Å². The summed E-state index contributed by atoms with van der Waals surface area (Å²) < 4.78 is 30.9. The number of likely N-dealkylation sites (tertiary alicyclic amines) is 1. The number of rotatable bonds is 3. The maximum absolute atomic E-state index is 12.8. The first-order valence-corrected chi connectivity index (χ1v) is 7.42. The molecule has 124 valence electrons. The smallest absolute Gasteiger partial charge is 0.311 e. The molecule has 23 heavy (non-hydrogen) atoms. The molecule has 2 aliphatic rings. The van der Waals surface area contributed by atoms with E-state index in [1.165, 1.54) is 29.2 Å². The van der Waals surface area contributed by atoms with E-state index >= 15 is 0 Å². The fourth-order valence-electron chi connectivity index (χ4n) is 3.44. The summed E-state index contributed by atoms with van der Waals surface area (Å²) in [5, 5.41) is 9.59. The molecule has 5 nitrogen and oxygen atoms in total. The summed E-state index contributed by atoms with van der Waals surface area (Å²) in [6.45, 7) is 1.01. The topological polar surface area (TPSA) is 66.8 Å². The first kappa shape index (κ1) is 15.9. The maximum Gasteiger partial charge on any atom is 0.311 e. The van der Waals surface area contributed by atoms with Crippen molar-refractivity contribution in [1.82, 2.24) is 4.90 Å². The van der Waals surface area contributed by atoms with Gasteiger partial charge < -0.3 is 14.7 Å². The number of benzene rings is 1. The standard InChI is InChI=1S/C16H17F2NO4/c17-13(18)10-2-1-3-11(6-10)14(20)19-7-12-8-23-5-4-16(12,9-19)15(21)22/h1-3,6,12-13H,4-5,7-9H2,(H,21,22)/t12-,16+/m0/s1. The molecule has 0 saturated carbocycles. The van der Waals surface area contributed by atoms with E-state index in [0.717, 1.165) is 0 Å². The van der Waals surface area contributed by atoms with E-state index in [2.05, 4.69) is 0 Å². The van der Waals surface area contributed by atoms with Gasteiger partial charge in [0.2, 0.25) is 0 Å². The number of carbonyl (C=O) groups excluding carboxylic acids is 1. The molecule has 0 aliphatic carbocycles. The van der Waals surface area contributed by atoms with Gasteiger partial charge >= 0.3 is 5.97 Å². The Kier molecular flexibility index (Phi) is 4.06. The molecule has 3 rings (SSSR count). The lowest BCUT2D eigenvalue weighted by atomic mass is 9.74. The van der Waals surface area contributed by atoms with Crippen molar-refractivity contribution in [3.63, 3.8) is 0 Å². The van der Waals surface area contributed by atoms with E-state index in [9.17, 15) is 23.5 Å². The van der Waals surface area contributed by atoms with Gasteiger partial charge in [-0.05, 0) is 18.6 Å². The molecule has 2 saturated heterocycles. The Morgan fingerprint density at radius 2 is 2.17 bits per heavy atom. The van der Waals surface area contributed by atoms with Crippen molar-refractivity contribution in [2.24, 2.45) is 11.3 Å². The largest absolute Gasteiger partial charge is 0.481 e. The Hall–Kier alpha value is -2.02.